The number of nitrogens with one attached hydrogen (secondary N) is 1. The summed E-state index contributed by atoms with van der Waals surface area (Å²) < 4.78 is 2.16. The number of nitrogens with two attached hydrogens (primary N) is 1. The molecule has 1 amide bonds. The largest absolute Gasteiger partial charge is 0.328 e. The fraction of sp³-hybridized carbons (Fsp3) is 0.789. The van der Waals surface area contributed by atoms with Gasteiger partial charge in [-0.3, -0.25) is 4.79 Å². The predicted octanol–water partition coefficient (Wildman–Crippen LogP) is 3.64. The molecule has 1 aliphatic heterocycles. The Labute approximate surface area is 144 Å². The van der Waals surface area contributed by atoms with Gasteiger partial charge in [0.05, 0.1) is 11.7 Å². The summed E-state index contributed by atoms with van der Waals surface area (Å²) in [6.07, 6.45) is 11.3. The number of aryl methyl sites for hydroxylation is 1. The molecule has 0 bridgehead atoms. The molecule has 2 aliphatic carbocycles. The van der Waals surface area contributed by atoms with Crippen LogP contribution in [-0.2, 0) is 4.79 Å². The summed E-state index contributed by atoms with van der Waals surface area (Å²) in [7, 11) is 0. The molecular weight excluding hydrogens is 300 g/mol. The maximum Gasteiger partial charge on any atom is 0.226 e. The lowest BCUT2D eigenvalue weighted by atomic mass is 9.73. The lowest BCUT2D eigenvalue weighted by Gasteiger charge is -2.35. The summed E-state index contributed by atoms with van der Waals surface area (Å²) in [6, 6.07) is 0.809. The van der Waals surface area contributed by atoms with Crippen molar-refractivity contribution in [3.05, 3.63) is 11.3 Å². The molecule has 0 saturated heterocycles. The van der Waals surface area contributed by atoms with Gasteiger partial charge in [-0.15, -0.1) is 0 Å². The second-order valence-electron chi connectivity index (χ2n) is 8.12. The van der Waals surface area contributed by atoms with Gasteiger partial charge in [0.25, 0.3) is 0 Å². The van der Waals surface area contributed by atoms with Crippen molar-refractivity contribution < 1.29 is 4.79 Å². The van der Waals surface area contributed by atoms with Gasteiger partial charge in [0, 0.05) is 23.9 Å². The lowest BCUT2D eigenvalue weighted by Crippen LogP contribution is -2.33. The third-order valence-electron chi connectivity index (χ3n) is 6.47. The van der Waals surface area contributed by atoms with Crippen molar-refractivity contribution in [3.63, 3.8) is 0 Å². The minimum Gasteiger partial charge on any atom is -0.328 e. The van der Waals surface area contributed by atoms with Gasteiger partial charge < -0.3 is 11.1 Å². The van der Waals surface area contributed by atoms with E-state index in [0.29, 0.717) is 30.3 Å². The van der Waals surface area contributed by atoms with Crippen molar-refractivity contribution in [2.45, 2.75) is 89.1 Å². The molecule has 2 saturated carbocycles. The fourth-order valence-corrected chi connectivity index (χ4v) is 5.15. The maximum absolute atomic E-state index is 12.4. The summed E-state index contributed by atoms with van der Waals surface area (Å²) in [5.74, 6) is 2.09. The highest BCUT2D eigenvalue weighted by atomic mass is 16.1. The second-order valence-corrected chi connectivity index (χ2v) is 8.12. The first-order valence-electron chi connectivity index (χ1n) is 9.78. The first-order chi connectivity index (χ1) is 11.6. The number of rotatable bonds is 2. The molecule has 5 heteroatoms. The number of nitrogens with zero attached hydrogens (tertiary/aromatic N) is 2. The van der Waals surface area contributed by atoms with Crippen LogP contribution in [0.3, 0.4) is 0 Å². The summed E-state index contributed by atoms with van der Waals surface area (Å²) in [5, 5.41) is 8.05. The highest BCUT2D eigenvalue weighted by Gasteiger charge is 2.38. The Bertz CT molecular complexity index is 609. The molecule has 24 heavy (non-hydrogen) atoms. The number of hydrogen-bond acceptors (Lipinski definition) is 3. The topological polar surface area (TPSA) is 72.9 Å². The number of carbonyl (C=O) groups excluding carboxylic acids is 1. The molecule has 4 rings (SSSR count). The number of carbonyl (C=O) groups is 1. The average molecular weight is 330 g/mol. The van der Waals surface area contributed by atoms with Gasteiger partial charge in [-0.05, 0) is 51.4 Å². The van der Waals surface area contributed by atoms with Crippen molar-refractivity contribution in [1.29, 1.82) is 0 Å². The molecule has 2 fully saturated rings. The van der Waals surface area contributed by atoms with E-state index in [4.69, 9.17) is 10.8 Å². The van der Waals surface area contributed by atoms with E-state index in [9.17, 15) is 4.79 Å². The van der Waals surface area contributed by atoms with Gasteiger partial charge >= 0.3 is 0 Å². The predicted molar refractivity (Wildman–Crippen MR) is 95.0 cm³/mol. The van der Waals surface area contributed by atoms with Crippen LogP contribution in [0.5, 0.6) is 0 Å². The Hall–Kier alpha value is -1.36. The van der Waals surface area contributed by atoms with E-state index in [0.717, 1.165) is 37.2 Å². The lowest BCUT2D eigenvalue weighted by molar-refractivity contribution is -0.117. The van der Waals surface area contributed by atoms with Crippen molar-refractivity contribution in [2.75, 3.05) is 5.32 Å². The molecular formula is C19H30N4O. The van der Waals surface area contributed by atoms with E-state index >= 15 is 0 Å². The molecule has 132 valence electrons. The number of anilines is 1. The van der Waals surface area contributed by atoms with Crippen LogP contribution < -0.4 is 11.1 Å². The highest BCUT2D eigenvalue weighted by Crippen LogP contribution is 2.46. The Balaban J connectivity index is 1.66. The molecule has 1 aromatic rings. The Morgan fingerprint density at radius 3 is 2.50 bits per heavy atom. The van der Waals surface area contributed by atoms with Crippen LogP contribution in [0, 0.1) is 12.8 Å². The molecule has 0 spiro atoms. The quantitative estimate of drug-likeness (QED) is 0.869. The van der Waals surface area contributed by atoms with Crippen molar-refractivity contribution in [1.82, 2.24) is 9.78 Å². The van der Waals surface area contributed by atoms with Crippen molar-refractivity contribution in [3.8, 4) is 0 Å². The van der Waals surface area contributed by atoms with Gasteiger partial charge in [0.2, 0.25) is 5.91 Å². The maximum atomic E-state index is 12.4. The van der Waals surface area contributed by atoms with E-state index in [1.54, 1.807) is 0 Å². The molecule has 5 nitrogen and oxygen atoms in total. The van der Waals surface area contributed by atoms with E-state index < -0.39 is 0 Å². The van der Waals surface area contributed by atoms with Crippen LogP contribution in [-0.4, -0.2) is 21.7 Å². The van der Waals surface area contributed by atoms with Crippen molar-refractivity contribution in [2.24, 2.45) is 11.7 Å². The smallest absolute Gasteiger partial charge is 0.226 e. The summed E-state index contributed by atoms with van der Waals surface area (Å²) in [4.78, 5) is 12.4. The van der Waals surface area contributed by atoms with Crippen LogP contribution >= 0.6 is 0 Å². The van der Waals surface area contributed by atoms with Crippen molar-refractivity contribution >= 4 is 11.7 Å². The zero-order chi connectivity index (χ0) is 16.7. The van der Waals surface area contributed by atoms with E-state index in [1.807, 2.05) is 0 Å². The van der Waals surface area contributed by atoms with Crippen LogP contribution in [0.2, 0.25) is 0 Å². The summed E-state index contributed by atoms with van der Waals surface area (Å²) >= 11 is 0. The average Bonchev–Trinajstić information content (AvgIpc) is 2.92. The monoisotopic (exact) mass is 330 g/mol. The first kappa shape index (κ1) is 16.1. The number of fused-ring (bicyclic) bond motifs is 1. The molecule has 0 radical (unpaired) electrons. The molecule has 0 aromatic carbocycles. The highest BCUT2D eigenvalue weighted by molar-refractivity contribution is 5.94. The van der Waals surface area contributed by atoms with Crippen LogP contribution in [0.4, 0.5) is 5.82 Å². The van der Waals surface area contributed by atoms with Gasteiger partial charge in [0.15, 0.2) is 0 Å². The molecule has 3 aliphatic rings. The van der Waals surface area contributed by atoms with Gasteiger partial charge in [0.1, 0.15) is 5.82 Å². The standard InChI is InChI=1S/C19H30N4O/c1-12-18-16(13-7-9-14(20)10-8-13)11-17(24)21-19(18)23(22-12)15-5-3-2-4-6-15/h13-16H,2-11,20H2,1H3,(H,21,24). The van der Waals surface area contributed by atoms with Crippen LogP contribution in [0.15, 0.2) is 0 Å². The normalized spacial score (nSPS) is 31.6. The summed E-state index contributed by atoms with van der Waals surface area (Å²) in [5.41, 5.74) is 8.53. The third kappa shape index (κ3) is 2.87. The molecule has 1 atom stereocenters. The van der Waals surface area contributed by atoms with E-state index in [1.165, 1.54) is 37.7 Å². The van der Waals surface area contributed by atoms with Gasteiger partial charge in [-0.1, -0.05) is 19.3 Å². The van der Waals surface area contributed by atoms with Gasteiger partial charge in [-0.25, -0.2) is 4.68 Å². The minimum atomic E-state index is 0.166. The number of amides is 1. The Kier molecular flexibility index (Phi) is 4.37. The SMILES string of the molecule is Cc1nn(C2CCCCC2)c2c1C(C1CCC(N)CC1)CC(=O)N2. The third-order valence-corrected chi connectivity index (χ3v) is 6.47. The van der Waals surface area contributed by atoms with E-state index in [-0.39, 0.29) is 5.91 Å². The van der Waals surface area contributed by atoms with Crippen LogP contribution in [0.1, 0.15) is 87.4 Å². The molecule has 1 aromatic heterocycles. The zero-order valence-electron chi connectivity index (χ0n) is 14.8. The number of aromatic nitrogens is 2. The first-order valence-corrected chi connectivity index (χ1v) is 9.78. The zero-order valence-corrected chi connectivity index (χ0v) is 14.8. The Morgan fingerprint density at radius 2 is 1.79 bits per heavy atom. The summed E-state index contributed by atoms with van der Waals surface area (Å²) in [6.45, 7) is 2.12. The Morgan fingerprint density at radius 1 is 1.08 bits per heavy atom. The molecule has 3 N–H and O–H groups in total. The van der Waals surface area contributed by atoms with E-state index in [2.05, 4.69) is 16.9 Å². The minimum absolute atomic E-state index is 0.166. The number of hydrogen-bond donors (Lipinski definition) is 2. The van der Waals surface area contributed by atoms with Gasteiger partial charge in [-0.2, -0.15) is 5.10 Å². The fourth-order valence-electron chi connectivity index (χ4n) is 5.15. The molecule has 1 unspecified atom stereocenters. The molecule has 2 heterocycles. The van der Waals surface area contributed by atoms with Crippen LogP contribution in [0.25, 0.3) is 0 Å². The second kappa shape index (κ2) is 6.51.